The summed E-state index contributed by atoms with van der Waals surface area (Å²) in [6, 6.07) is 3.66. The van der Waals surface area contributed by atoms with Gasteiger partial charge in [0.05, 0.1) is 16.8 Å². The van der Waals surface area contributed by atoms with Gasteiger partial charge in [-0.3, -0.25) is 4.90 Å². The summed E-state index contributed by atoms with van der Waals surface area (Å²) in [5.41, 5.74) is 6.96. The second kappa shape index (κ2) is 6.65. The first-order chi connectivity index (χ1) is 9.17. The van der Waals surface area contributed by atoms with Crippen LogP contribution in [-0.4, -0.2) is 49.3 Å². The summed E-state index contributed by atoms with van der Waals surface area (Å²) in [6.45, 7) is 4.41. The predicted octanol–water partition coefficient (Wildman–Crippen LogP) is 1.16. The SMILES string of the molecule is NCc1ccc(N2CCN(CCO)CC2)c(F)c1Br. The summed E-state index contributed by atoms with van der Waals surface area (Å²) in [5, 5.41) is 8.91. The zero-order valence-corrected chi connectivity index (χ0v) is 12.4. The third-order valence-corrected chi connectivity index (χ3v) is 4.35. The maximum absolute atomic E-state index is 14.3. The van der Waals surface area contributed by atoms with E-state index >= 15 is 0 Å². The van der Waals surface area contributed by atoms with E-state index in [0.29, 0.717) is 23.2 Å². The molecule has 6 heteroatoms. The second-order valence-corrected chi connectivity index (χ2v) is 5.42. The van der Waals surface area contributed by atoms with Crippen LogP contribution in [0, 0.1) is 5.82 Å². The lowest BCUT2D eigenvalue weighted by Gasteiger charge is -2.36. The Morgan fingerprint density at radius 2 is 1.95 bits per heavy atom. The van der Waals surface area contributed by atoms with Crippen LogP contribution in [-0.2, 0) is 6.54 Å². The summed E-state index contributed by atoms with van der Waals surface area (Å²) in [5.74, 6) is -0.237. The van der Waals surface area contributed by atoms with E-state index in [1.807, 2.05) is 11.0 Å². The highest BCUT2D eigenvalue weighted by atomic mass is 79.9. The molecule has 0 unspecified atom stereocenters. The molecule has 0 aliphatic carbocycles. The Labute approximate surface area is 121 Å². The van der Waals surface area contributed by atoms with Gasteiger partial charge in [-0.05, 0) is 27.6 Å². The van der Waals surface area contributed by atoms with Crippen molar-refractivity contribution in [3.63, 3.8) is 0 Å². The first-order valence-corrected chi connectivity index (χ1v) is 7.21. The van der Waals surface area contributed by atoms with E-state index in [4.69, 9.17) is 10.8 Å². The van der Waals surface area contributed by atoms with Crippen molar-refractivity contribution in [2.75, 3.05) is 44.2 Å². The summed E-state index contributed by atoms with van der Waals surface area (Å²) < 4.78 is 14.7. The largest absolute Gasteiger partial charge is 0.395 e. The van der Waals surface area contributed by atoms with Crippen LogP contribution < -0.4 is 10.6 Å². The van der Waals surface area contributed by atoms with Crippen LogP contribution in [0.3, 0.4) is 0 Å². The van der Waals surface area contributed by atoms with Crippen LogP contribution in [0.5, 0.6) is 0 Å². The zero-order chi connectivity index (χ0) is 13.8. The standard InChI is InChI=1S/C13H19BrFN3O/c14-12-10(9-16)1-2-11(13(12)15)18-5-3-17(4-6-18)7-8-19/h1-2,19H,3-9,16H2. The summed E-state index contributed by atoms with van der Waals surface area (Å²) >= 11 is 3.27. The van der Waals surface area contributed by atoms with Gasteiger partial charge >= 0.3 is 0 Å². The topological polar surface area (TPSA) is 52.7 Å². The smallest absolute Gasteiger partial charge is 0.160 e. The molecule has 1 aliphatic heterocycles. The van der Waals surface area contributed by atoms with E-state index in [9.17, 15) is 4.39 Å². The third kappa shape index (κ3) is 3.25. The number of β-amino-alcohol motifs (C(OH)–C–C–N with tert-alkyl or cyclic N) is 1. The van der Waals surface area contributed by atoms with Crippen molar-refractivity contribution in [1.29, 1.82) is 0 Å². The highest BCUT2D eigenvalue weighted by molar-refractivity contribution is 9.10. The highest BCUT2D eigenvalue weighted by Crippen LogP contribution is 2.29. The Bertz CT molecular complexity index is 436. The Morgan fingerprint density at radius 3 is 2.53 bits per heavy atom. The van der Waals surface area contributed by atoms with Gasteiger partial charge in [-0.1, -0.05) is 6.07 Å². The van der Waals surface area contributed by atoms with E-state index in [-0.39, 0.29) is 12.4 Å². The van der Waals surface area contributed by atoms with Crippen molar-refractivity contribution in [1.82, 2.24) is 4.90 Å². The van der Waals surface area contributed by atoms with Crippen LogP contribution in [0.1, 0.15) is 5.56 Å². The third-order valence-electron chi connectivity index (χ3n) is 3.49. The Balaban J connectivity index is 2.09. The van der Waals surface area contributed by atoms with Crippen molar-refractivity contribution in [2.24, 2.45) is 5.73 Å². The number of aliphatic hydroxyl groups excluding tert-OH is 1. The minimum atomic E-state index is -0.237. The molecule has 0 spiro atoms. The predicted molar refractivity (Wildman–Crippen MR) is 77.7 cm³/mol. The first kappa shape index (κ1) is 14.7. The number of anilines is 1. The van der Waals surface area contributed by atoms with Gasteiger partial charge in [0.2, 0.25) is 0 Å². The lowest BCUT2D eigenvalue weighted by molar-refractivity contribution is 0.188. The fourth-order valence-electron chi connectivity index (χ4n) is 2.33. The van der Waals surface area contributed by atoms with Gasteiger partial charge in [0.1, 0.15) is 0 Å². The first-order valence-electron chi connectivity index (χ1n) is 6.42. The molecule has 0 bridgehead atoms. The number of benzene rings is 1. The molecule has 1 aromatic carbocycles. The second-order valence-electron chi connectivity index (χ2n) is 4.63. The minimum Gasteiger partial charge on any atom is -0.395 e. The minimum absolute atomic E-state index is 0.172. The Hall–Kier alpha value is -0.690. The molecule has 1 heterocycles. The molecule has 1 aliphatic rings. The van der Waals surface area contributed by atoms with Gasteiger partial charge in [0.25, 0.3) is 0 Å². The molecule has 0 atom stereocenters. The van der Waals surface area contributed by atoms with Gasteiger partial charge in [0, 0.05) is 39.3 Å². The van der Waals surface area contributed by atoms with Crippen molar-refractivity contribution in [2.45, 2.75) is 6.54 Å². The number of nitrogens with zero attached hydrogens (tertiary/aromatic N) is 2. The number of aliphatic hydroxyl groups is 1. The van der Waals surface area contributed by atoms with Gasteiger partial charge in [0.15, 0.2) is 5.82 Å². The average molecular weight is 332 g/mol. The lowest BCUT2D eigenvalue weighted by Crippen LogP contribution is -2.47. The van der Waals surface area contributed by atoms with Crippen molar-refractivity contribution in [3.8, 4) is 0 Å². The molecule has 19 heavy (non-hydrogen) atoms. The van der Waals surface area contributed by atoms with E-state index in [2.05, 4.69) is 20.8 Å². The molecule has 106 valence electrons. The fourth-order valence-corrected chi connectivity index (χ4v) is 2.83. The molecule has 0 amide bonds. The lowest BCUT2D eigenvalue weighted by atomic mass is 10.1. The number of rotatable bonds is 4. The van der Waals surface area contributed by atoms with Crippen LogP contribution in [0.4, 0.5) is 10.1 Å². The normalized spacial score (nSPS) is 16.9. The Morgan fingerprint density at radius 1 is 1.26 bits per heavy atom. The Kier molecular flexibility index (Phi) is 5.15. The molecular formula is C13H19BrFN3O. The summed E-state index contributed by atoms with van der Waals surface area (Å²) in [4.78, 5) is 4.21. The van der Waals surface area contributed by atoms with Crippen molar-refractivity contribution < 1.29 is 9.50 Å². The molecule has 1 saturated heterocycles. The van der Waals surface area contributed by atoms with Gasteiger partial charge < -0.3 is 15.7 Å². The summed E-state index contributed by atoms with van der Waals surface area (Å²) in [7, 11) is 0. The van der Waals surface area contributed by atoms with Crippen molar-refractivity contribution in [3.05, 3.63) is 28.0 Å². The molecule has 0 aromatic heterocycles. The van der Waals surface area contributed by atoms with E-state index in [1.165, 1.54) is 0 Å². The maximum Gasteiger partial charge on any atom is 0.160 e. The van der Waals surface area contributed by atoms with Crippen LogP contribution >= 0.6 is 15.9 Å². The molecule has 1 aromatic rings. The molecule has 3 N–H and O–H groups in total. The maximum atomic E-state index is 14.3. The number of halogens is 2. The molecular weight excluding hydrogens is 313 g/mol. The van der Waals surface area contributed by atoms with Crippen LogP contribution in [0.2, 0.25) is 0 Å². The number of piperazine rings is 1. The van der Waals surface area contributed by atoms with E-state index in [0.717, 1.165) is 31.7 Å². The van der Waals surface area contributed by atoms with Crippen LogP contribution in [0.25, 0.3) is 0 Å². The van der Waals surface area contributed by atoms with E-state index < -0.39 is 0 Å². The number of hydrogen-bond acceptors (Lipinski definition) is 4. The van der Waals surface area contributed by atoms with Crippen molar-refractivity contribution >= 4 is 21.6 Å². The molecule has 2 rings (SSSR count). The van der Waals surface area contributed by atoms with Gasteiger partial charge in [-0.2, -0.15) is 0 Å². The van der Waals surface area contributed by atoms with Gasteiger partial charge in [-0.15, -0.1) is 0 Å². The van der Waals surface area contributed by atoms with Crippen LogP contribution in [0.15, 0.2) is 16.6 Å². The molecule has 0 radical (unpaired) electrons. The quantitative estimate of drug-likeness (QED) is 0.869. The molecule has 1 fully saturated rings. The fraction of sp³-hybridized carbons (Fsp3) is 0.538. The number of nitrogens with two attached hydrogens (primary N) is 1. The highest BCUT2D eigenvalue weighted by Gasteiger charge is 2.20. The number of hydrogen-bond donors (Lipinski definition) is 2. The molecule has 0 saturated carbocycles. The molecule has 4 nitrogen and oxygen atoms in total. The monoisotopic (exact) mass is 331 g/mol. The summed E-state index contributed by atoms with van der Waals surface area (Å²) in [6.07, 6.45) is 0. The average Bonchev–Trinajstić information content (AvgIpc) is 2.43. The van der Waals surface area contributed by atoms with E-state index in [1.54, 1.807) is 6.07 Å². The van der Waals surface area contributed by atoms with Gasteiger partial charge in [-0.25, -0.2) is 4.39 Å². The zero-order valence-electron chi connectivity index (χ0n) is 10.8.